The molecule has 0 bridgehead atoms. The number of hydrogen-bond acceptors (Lipinski definition) is 15. The van der Waals surface area contributed by atoms with E-state index in [9.17, 15) is 28.8 Å². The predicted octanol–water partition coefficient (Wildman–Crippen LogP) is 9.28. The number of carbonyl (C=O) groups excluding carboxylic acids is 5. The van der Waals surface area contributed by atoms with Crippen molar-refractivity contribution in [3.63, 3.8) is 0 Å². The van der Waals surface area contributed by atoms with Gasteiger partial charge in [-0.25, -0.2) is 14.4 Å². The van der Waals surface area contributed by atoms with Gasteiger partial charge in [-0.15, -0.1) is 5.06 Å². The third-order valence-corrected chi connectivity index (χ3v) is 19.0. The van der Waals surface area contributed by atoms with Gasteiger partial charge in [0.15, 0.2) is 0 Å². The van der Waals surface area contributed by atoms with Crippen molar-refractivity contribution in [2.75, 3.05) is 81.3 Å². The Hall–Kier alpha value is -8.58. The number of nitrogens with zero attached hydrogens (tertiary/aromatic N) is 3. The third-order valence-electron chi connectivity index (χ3n) is 14.0. The number of hydroxylamine groups is 2. The minimum absolute atomic E-state index is 0. The molecule has 18 heteroatoms. The smallest absolute Gasteiger partial charge is 0.363 e. The van der Waals surface area contributed by atoms with Crippen LogP contribution in [-0.4, -0.2) is 109 Å². The van der Waals surface area contributed by atoms with Gasteiger partial charge in [0.2, 0.25) is 0 Å². The number of carbonyl (C=O) groups is 5. The summed E-state index contributed by atoms with van der Waals surface area (Å²) in [7, 11) is -2.85. The van der Waals surface area contributed by atoms with E-state index >= 15 is 0 Å². The highest BCUT2D eigenvalue weighted by Crippen LogP contribution is 2.37. The SMILES string of the molecule is C.CCN(CC)c1ccc2c(c1)OCC(C(=O)ON1C(=O)CCC1=O)=C2.CCN(CC)c1ccc2cc(C(=O)NCCOCCOC(=O)C(/C=C/c3ccc(N)cc3)=C/CO[Si](c3ccccc3)(c3ccccc3)C(C)(C)C)c(=O)oc2c1. The van der Waals surface area contributed by atoms with Crippen LogP contribution in [0.1, 0.15) is 90.2 Å². The van der Waals surface area contributed by atoms with E-state index in [1.807, 2.05) is 91.0 Å². The quantitative estimate of drug-likeness (QED) is 0.00895. The molecule has 0 spiro atoms. The van der Waals surface area contributed by atoms with E-state index in [-0.39, 0.29) is 76.0 Å². The second-order valence-electron chi connectivity index (χ2n) is 20.3. The zero-order chi connectivity index (χ0) is 58.8. The van der Waals surface area contributed by atoms with Gasteiger partial charge in [0.25, 0.3) is 26.0 Å². The first-order valence-corrected chi connectivity index (χ1v) is 29.6. The van der Waals surface area contributed by atoms with E-state index in [2.05, 4.69) is 87.8 Å². The van der Waals surface area contributed by atoms with E-state index in [4.69, 9.17) is 33.6 Å². The number of anilines is 3. The molecule has 6 aromatic rings. The van der Waals surface area contributed by atoms with Gasteiger partial charge >= 0.3 is 17.6 Å². The highest BCUT2D eigenvalue weighted by atomic mass is 28.4. The Balaban J connectivity index is 0.000000353. The molecule has 438 valence electrons. The third kappa shape index (κ3) is 16.1. The molecule has 3 amide bonds. The summed E-state index contributed by atoms with van der Waals surface area (Å²) in [5, 5.41) is 5.93. The van der Waals surface area contributed by atoms with Crippen LogP contribution >= 0.6 is 0 Å². The van der Waals surface area contributed by atoms with Gasteiger partial charge in [-0.1, -0.05) is 107 Å². The Morgan fingerprint density at radius 1 is 0.747 bits per heavy atom. The number of ether oxygens (including phenoxy) is 3. The van der Waals surface area contributed by atoms with Gasteiger partial charge in [-0.3, -0.25) is 14.4 Å². The number of nitrogen functional groups attached to an aromatic ring is 1. The normalized spacial score (nSPS) is 13.3. The zero-order valence-corrected chi connectivity index (χ0v) is 48.7. The summed E-state index contributed by atoms with van der Waals surface area (Å²) in [4.78, 5) is 83.5. The molecule has 2 aliphatic heterocycles. The standard InChI is InChI=1S/C46H53N3O7Si.C18H20N2O5.CH4/c1-6-49(7-2)38-25-22-36-32-41(45(52)56-42(36)33-38)43(50)48-27-29-53-30-31-54-44(51)35(21-18-34-19-23-37(47)24-20-34)26-28-55-57(46(3,4)5,39-14-10-8-11-15-39)40-16-12-9-13-17-40;1-3-19(4-2)14-6-5-12-9-13(11-24-15(12)10-14)18(23)25-20-16(21)7-8-17(20)22;/h8-26,32-33H,6-7,27-31,47H2,1-5H3,(H,48,50);5-6,9-10H,3-4,7-8,11H2,1-2H3;1H4/b21-18+,35-26+;;. The molecular weight excluding hydrogens is 1070 g/mol. The molecule has 8 rings (SSSR count). The first-order chi connectivity index (χ1) is 39.5. The first kappa shape index (κ1) is 63.6. The maximum atomic E-state index is 13.5. The lowest BCUT2D eigenvalue weighted by atomic mass is 10.1. The van der Waals surface area contributed by atoms with Crippen LogP contribution in [0.3, 0.4) is 0 Å². The largest absolute Gasteiger partial charge is 0.488 e. The van der Waals surface area contributed by atoms with Gasteiger partial charge in [-0.05, 0) is 109 Å². The highest BCUT2D eigenvalue weighted by Gasteiger charge is 2.50. The number of amides is 3. The Labute approximate surface area is 487 Å². The number of nitrogens with two attached hydrogens (primary N) is 1. The second-order valence-corrected chi connectivity index (χ2v) is 24.6. The summed E-state index contributed by atoms with van der Waals surface area (Å²) in [5.74, 6) is -2.15. The van der Waals surface area contributed by atoms with E-state index in [0.717, 1.165) is 59.1 Å². The minimum Gasteiger partial charge on any atom is -0.488 e. The molecule has 2 aliphatic rings. The average Bonchev–Trinajstić information content (AvgIpc) is 3.12. The summed E-state index contributed by atoms with van der Waals surface area (Å²) < 4.78 is 29.4. The Morgan fingerprint density at radius 2 is 1.35 bits per heavy atom. The number of nitrogens with one attached hydrogen (secondary N) is 1. The molecule has 1 aromatic heterocycles. The average molecular weight is 1150 g/mol. The number of fused-ring (bicyclic) bond motifs is 2. The van der Waals surface area contributed by atoms with Crippen LogP contribution in [-0.2, 0) is 37.9 Å². The number of hydrogen-bond donors (Lipinski definition) is 2. The monoisotopic (exact) mass is 1150 g/mol. The molecule has 0 radical (unpaired) electrons. The molecule has 0 atom stereocenters. The van der Waals surface area contributed by atoms with Crippen molar-refractivity contribution < 1.29 is 51.9 Å². The number of esters is 1. The van der Waals surface area contributed by atoms with Crippen molar-refractivity contribution in [3.8, 4) is 5.75 Å². The Bertz CT molecular complexity index is 3290. The summed E-state index contributed by atoms with van der Waals surface area (Å²) in [6, 6.07) is 40.9. The molecule has 0 saturated carbocycles. The van der Waals surface area contributed by atoms with Gasteiger partial charge in [0.1, 0.15) is 30.1 Å². The maximum Gasteiger partial charge on any atom is 0.363 e. The molecule has 1 fully saturated rings. The molecular formula is C65H77N5O12Si. The first-order valence-electron chi connectivity index (χ1n) is 27.6. The number of rotatable bonds is 23. The van der Waals surface area contributed by atoms with Crippen LogP contribution in [0.15, 0.2) is 160 Å². The van der Waals surface area contributed by atoms with Gasteiger partial charge in [0.05, 0.1) is 31.0 Å². The van der Waals surface area contributed by atoms with Gasteiger partial charge < -0.3 is 48.7 Å². The molecule has 3 heterocycles. The van der Waals surface area contributed by atoms with Crippen molar-refractivity contribution in [2.24, 2.45) is 0 Å². The number of benzene rings is 5. The van der Waals surface area contributed by atoms with Crippen molar-refractivity contribution in [3.05, 3.63) is 178 Å². The lowest BCUT2D eigenvalue weighted by Crippen LogP contribution is -2.66. The van der Waals surface area contributed by atoms with E-state index in [1.165, 1.54) is 6.07 Å². The van der Waals surface area contributed by atoms with Crippen LogP contribution < -0.4 is 41.6 Å². The van der Waals surface area contributed by atoms with E-state index in [1.54, 1.807) is 30.4 Å². The lowest BCUT2D eigenvalue weighted by molar-refractivity contribution is -0.194. The minimum atomic E-state index is -2.85. The highest BCUT2D eigenvalue weighted by molar-refractivity contribution is 6.99. The Kier molecular flexibility index (Phi) is 22.9. The molecule has 5 aromatic carbocycles. The summed E-state index contributed by atoms with van der Waals surface area (Å²) in [6.07, 6.45) is 7.11. The second kappa shape index (κ2) is 29.9. The van der Waals surface area contributed by atoms with Crippen LogP contribution in [0.25, 0.3) is 23.1 Å². The van der Waals surface area contributed by atoms with E-state index < -0.39 is 43.6 Å². The van der Waals surface area contributed by atoms with Crippen LogP contribution in [0.4, 0.5) is 17.1 Å². The summed E-state index contributed by atoms with van der Waals surface area (Å²) in [5.41, 5.74) is 10.4. The summed E-state index contributed by atoms with van der Waals surface area (Å²) in [6.45, 7) is 18.9. The lowest BCUT2D eigenvalue weighted by Gasteiger charge is -2.42. The number of imide groups is 1. The zero-order valence-electron chi connectivity index (χ0n) is 47.7. The van der Waals surface area contributed by atoms with Gasteiger partial charge in [0, 0.05) is 85.7 Å². The topological polar surface area (TPSA) is 209 Å². The molecule has 3 N–H and O–H groups in total. The van der Waals surface area contributed by atoms with Crippen molar-refractivity contribution in [1.82, 2.24) is 10.4 Å². The van der Waals surface area contributed by atoms with Crippen LogP contribution in [0.2, 0.25) is 5.04 Å². The fraction of sp³-hybridized carbons (Fsp3) is 0.323. The van der Waals surface area contributed by atoms with Crippen molar-refractivity contribution in [2.45, 2.75) is 73.8 Å². The van der Waals surface area contributed by atoms with Crippen molar-refractivity contribution >= 4 is 88.5 Å². The molecule has 83 heavy (non-hydrogen) atoms. The molecule has 0 unspecified atom stereocenters. The molecule has 17 nitrogen and oxygen atoms in total. The fourth-order valence-corrected chi connectivity index (χ4v) is 14.1. The van der Waals surface area contributed by atoms with Gasteiger partial charge in [-0.2, -0.15) is 0 Å². The molecule has 1 saturated heterocycles. The van der Waals surface area contributed by atoms with Crippen LogP contribution in [0, 0.1) is 0 Å². The van der Waals surface area contributed by atoms with Crippen molar-refractivity contribution in [1.29, 1.82) is 0 Å². The maximum absolute atomic E-state index is 13.5. The van der Waals surface area contributed by atoms with E-state index in [0.29, 0.717) is 33.0 Å². The predicted molar refractivity (Wildman–Crippen MR) is 329 cm³/mol. The fourth-order valence-electron chi connectivity index (χ4n) is 9.64. The van der Waals surface area contributed by atoms with Crippen LogP contribution in [0.5, 0.6) is 5.75 Å². The molecule has 0 aliphatic carbocycles. The Morgan fingerprint density at radius 3 is 1.95 bits per heavy atom. The summed E-state index contributed by atoms with van der Waals surface area (Å²) >= 11 is 0.